The van der Waals surface area contributed by atoms with Crippen LogP contribution in [0.2, 0.25) is 0 Å². The van der Waals surface area contributed by atoms with Crippen LogP contribution in [0.5, 0.6) is 0 Å². The first kappa shape index (κ1) is 12.5. The Labute approximate surface area is 94.9 Å². The van der Waals surface area contributed by atoms with Gasteiger partial charge in [-0.3, -0.25) is 0 Å². The molecule has 0 fully saturated rings. The molecular formula is C14H26N+. The zero-order valence-corrected chi connectivity index (χ0v) is 10.8. The Kier molecular flexibility index (Phi) is 5.10. The average Bonchev–Trinajstić information content (AvgIpc) is 2.18. The van der Waals surface area contributed by atoms with E-state index in [0.717, 1.165) is 6.04 Å². The van der Waals surface area contributed by atoms with E-state index in [4.69, 9.17) is 0 Å². The predicted octanol–water partition coefficient (Wildman–Crippen LogP) is 2.36. The molecule has 1 aliphatic rings. The molecule has 0 saturated carbocycles. The Morgan fingerprint density at radius 3 is 2.80 bits per heavy atom. The first-order valence-electron chi connectivity index (χ1n) is 6.21. The summed E-state index contributed by atoms with van der Waals surface area (Å²) in [7, 11) is 2.35. The molecule has 0 bridgehead atoms. The molecule has 0 saturated heterocycles. The molecule has 0 amide bonds. The van der Waals surface area contributed by atoms with Gasteiger partial charge in [-0.1, -0.05) is 23.3 Å². The molecule has 0 spiro atoms. The van der Waals surface area contributed by atoms with Crippen molar-refractivity contribution in [3.05, 3.63) is 23.3 Å². The first-order chi connectivity index (χ1) is 7.09. The van der Waals surface area contributed by atoms with Crippen molar-refractivity contribution in [2.45, 2.75) is 52.5 Å². The van der Waals surface area contributed by atoms with Crippen molar-refractivity contribution in [3.63, 3.8) is 0 Å². The molecule has 0 aliphatic heterocycles. The normalized spacial score (nSPS) is 23.2. The van der Waals surface area contributed by atoms with E-state index in [0.29, 0.717) is 0 Å². The van der Waals surface area contributed by atoms with E-state index in [1.165, 1.54) is 37.8 Å². The lowest BCUT2D eigenvalue weighted by Crippen LogP contribution is -3.13. The fourth-order valence-corrected chi connectivity index (χ4v) is 2.21. The third-order valence-electron chi connectivity index (χ3n) is 3.43. The summed E-state index contributed by atoms with van der Waals surface area (Å²) < 4.78 is 0. The van der Waals surface area contributed by atoms with Gasteiger partial charge in [0, 0.05) is 19.3 Å². The summed E-state index contributed by atoms with van der Waals surface area (Å²) in [5, 5.41) is 0. The van der Waals surface area contributed by atoms with E-state index in [1.54, 1.807) is 10.5 Å². The maximum absolute atomic E-state index is 2.43. The minimum atomic E-state index is 0.860. The van der Waals surface area contributed by atoms with Gasteiger partial charge in [0.2, 0.25) is 0 Å². The highest BCUT2D eigenvalue weighted by atomic mass is 15.1. The molecule has 1 rings (SSSR count). The molecule has 2 atom stereocenters. The Hall–Kier alpha value is -0.560. The number of quaternary nitrogens is 1. The van der Waals surface area contributed by atoms with Crippen LogP contribution < -0.4 is 4.90 Å². The largest absolute Gasteiger partial charge is 0.334 e. The molecule has 0 aromatic heterocycles. The van der Waals surface area contributed by atoms with Crippen LogP contribution in [0.4, 0.5) is 0 Å². The zero-order valence-electron chi connectivity index (χ0n) is 10.8. The fourth-order valence-electron chi connectivity index (χ4n) is 2.21. The van der Waals surface area contributed by atoms with E-state index >= 15 is 0 Å². The molecule has 86 valence electrons. The van der Waals surface area contributed by atoms with Crippen molar-refractivity contribution in [2.75, 3.05) is 13.6 Å². The standard InChI is InChI=1S/C14H25N/c1-12(2)6-5-11-15(4)14-9-7-13(3)8-10-14/h6-7,14H,5,8-11H2,1-4H3/p+1/t14-/m1/s1. The molecule has 1 nitrogen and oxygen atoms in total. The van der Waals surface area contributed by atoms with Crippen LogP contribution in [0, 0.1) is 0 Å². The second kappa shape index (κ2) is 6.12. The fraction of sp³-hybridized carbons (Fsp3) is 0.714. The maximum atomic E-state index is 2.43. The smallest absolute Gasteiger partial charge is 0.0910 e. The second-order valence-electron chi connectivity index (χ2n) is 5.19. The summed E-state index contributed by atoms with van der Waals surface area (Å²) >= 11 is 0. The minimum absolute atomic E-state index is 0.860. The average molecular weight is 208 g/mol. The van der Waals surface area contributed by atoms with Crippen LogP contribution in [0.1, 0.15) is 46.5 Å². The van der Waals surface area contributed by atoms with Gasteiger partial charge in [0.1, 0.15) is 0 Å². The summed E-state index contributed by atoms with van der Waals surface area (Å²) in [5.41, 5.74) is 3.03. The van der Waals surface area contributed by atoms with Gasteiger partial charge in [-0.25, -0.2) is 0 Å². The van der Waals surface area contributed by atoms with E-state index in [9.17, 15) is 0 Å². The van der Waals surface area contributed by atoms with Crippen molar-refractivity contribution < 1.29 is 4.90 Å². The molecule has 0 aromatic rings. The highest BCUT2D eigenvalue weighted by molar-refractivity contribution is 5.03. The van der Waals surface area contributed by atoms with Gasteiger partial charge in [0.05, 0.1) is 19.6 Å². The van der Waals surface area contributed by atoms with Crippen LogP contribution in [0.25, 0.3) is 0 Å². The van der Waals surface area contributed by atoms with Crippen LogP contribution in [0.3, 0.4) is 0 Å². The van der Waals surface area contributed by atoms with Gasteiger partial charge >= 0.3 is 0 Å². The van der Waals surface area contributed by atoms with E-state index < -0.39 is 0 Å². The van der Waals surface area contributed by atoms with E-state index in [2.05, 4.69) is 40.0 Å². The number of nitrogens with one attached hydrogen (secondary N) is 1. The molecular weight excluding hydrogens is 182 g/mol. The first-order valence-corrected chi connectivity index (χ1v) is 6.21. The Balaban J connectivity index is 2.29. The monoisotopic (exact) mass is 208 g/mol. The van der Waals surface area contributed by atoms with E-state index in [1.807, 2.05) is 0 Å². The zero-order chi connectivity index (χ0) is 11.3. The minimum Gasteiger partial charge on any atom is -0.334 e. The summed E-state index contributed by atoms with van der Waals surface area (Å²) in [5.74, 6) is 0. The van der Waals surface area contributed by atoms with Crippen molar-refractivity contribution in [1.82, 2.24) is 0 Å². The lowest BCUT2D eigenvalue weighted by molar-refractivity contribution is -0.905. The van der Waals surface area contributed by atoms with Crippen LogP contribution in [-0.2, 0) is 0 Å². The molecule has 1 aliphatic carbocycles. The highest BCUT2D eigenvalue weighted by Crippen LogP contribution is 2.15. The molecule has 15 heavy (non-hydrogen) atoms. The van der Waals surface area contributed by atoms with Crippen LogP contribution >= 0.6 is 0 Å². The maximum Gasteiger partial charge on any atom is 0.0910 e. The molecule has 1 unspecified atom stereocenters. The molecule has 0 heterocycles. The van der Waals surface area contributed by atoms with Gasteiger partial charge in [-0.05, 0) is 27.2 Å². The van der Waals surface area contributed by atoms with Crippen molar-refractivity contribution >= 4 is 0 Å². The second-order valence-corrected chi connectivity index (χ2v) is 5.19. The Morgan fingerprint density at radius 2 is 2.27 bits per heavy atom. The Bertz CT molecular complexity index is 246. The van der Waals surface area contributed by atoms with Gasteiger partial charge in [-0.2, -0.15) is 0 Å². The van der Waals surface area contributed by atoms with Gasteiger partial charge in [0.25, 0.3) is 0 Å². The highest BCUT2D eigenvalue weighted by Gasteiger charge is 2.19. The molecule has 0 radical (unpaired) electrons. The van der Waals surface area contributed by atoms with E-state index in [-0.39, 0.29) is 0 Å². The molecule has 0 aromatic carbocycles. The lowest BCUT2D eigenvalue weighted by atomic mass is 9.95. The summed E-state index contributed by atoms with van der Waals surface area (Å²) in [4.78, 5) is 1.70. The SMILES string of the molecule is CC(C)=CCC[NH+](C)[C@@H]1CC=C(C)CC1. The quantitative estimate of drug-likeness (QED) is 0.677. The summed E-state index contributed by atoms with van der Waals surface area (Å²) in [6, 6.07) is 0.860. The number of hydrogen-bond donors (Lipinski definition) is 1. The number of rotatable bonds is 4. The lowest BCUT2D eigenvalue weighted by Gasteiger charge is -2.27. The summed E-state index contributed by atoms with van der Waals surface area (Å²) in [6.45, 7) is 7.90. The number of allylic oxidation sites excluding steroid dienone is 2. The Morgan fingerprint density at radius 1 is 1.53 bits per heavy atom. The third-order valence-corrected chi connectivity index (χ3v) is 3.43. The molecule has 1 heteroatoms. The van der Waals surface area contributed by atoms with Gasteiger partial charge in [0.15, 0.2) is 0 Å². The van der Waals surface area contributed by atoms with Crippen molar-refractivity contribution in [1.29, 1.82) is 0 Å². The van der Waals surface area contributed by atoms with Gasteiger partial charge in [-0.15, -0.1) is 0 Å². The number of hydrogen-bond acceptors (Lipinski definition) is 0. The molecule has 1 N–H and O–H groups in total. The van der Waals surface area contributed by atoms with Crippen LogP contribution in [0.15, 0.2) is 23.3 Å². The predicted molar refractivity (Wildman–Crippen MR) is 67.2 cm³/mol. The van der Waals surface area contributed by atoms with Gasteiger partial charge < -0.3 is 4.90 Å². The van der Waals surface area contributed by atoms with Crippen LogP contribution in [-0.4, -0.2) is 19.6 Å². The van der Waals surface area contributed by atoms with Crippen molar-refractivity contribution in [3.8, 4) is 0 Å². The third kappa shape index (κ3) is 4.65. The summed E-state index contributed by atoms with van der Waals surface area (Å²) in [6.07, 6.45) is 9.99. The topological polar surface area (TPSA) is 4.44 Å². The van der Waals surface area contributed by atoms with Crippen molar-refractivity contribution in [2.24, 2.45) is 0 Å².